The number of amides is 2. The fourth-order valence-corrected chi connectivity index (χ4v) is 3.69. The minimum absolute atomic E-state index is 0.477. The summed E-state index contributed by atoms with van der Waals surface area (Å²) in [4.78, 5) is 26.6. The van der Waals surface area contributed by atoms with Crippen LogP contribution in [0.25, 0.3) is 11.1 Å². The average molecular weight is 497 g/mol. The minimum atomic E-state index is -0.646. The molecule has 0 aliphatic heterocycles. The van der Waals surface area contributed by atoms with Crippen molar-refractivity contribution < 1.29 is 19.1 Å². The summed E-state index contributed by atoms with van der Waals surface area (Å²) in [5, 5.41) is 13.7. The fraction of sp³-hybridized carbons (Fsp3) is 0.464. The Balaban J connectivity index is 2.39. The molecule has 0 aliphatic rings. The normalized spacial score (nSPS) is 11.9. The molecule has 0 bridgehead atoms. The van der Waals surface area contributed by atoms with E-state index < -0.39 is 28.9 Å². The van der Waals surface area contributed by atoms with Crippen molar-refractivity contribution in [2.24, 2.45) is 0 Å². The van der Waals surface area contributed by atoms with Crippen LogP contribution in [0.5, 0.6) is 0 Å². The highest BCUT2D eigenvalue weighted by atomic mass is 16.6. The SMILES string of the molecule is CN(C)c1c(-c2ccc(C(C)(C)NC(=O)OC(C)(C)C)cc2)ccc(NC(=O)OC(C)(C)C)c1C=N. The first kappa shape index (κ1) is 28.7. The van der Waals surface area contributed by atoms with E-state index in [0.29, 0.717) is 11.3 Å². The van der Waals surface area contributed by atoms with Crippen LogP contribution in [-0.4, -0.2) is 43.7 Å². The molecule has 0 heterocycles. The van der Waals surface area contributed by atoms with Crippen molar-refractivity contribution >= 4 is 29.8 Å². The Kier molecular flexibility index (Phi) is 8.45. The zero-order valence-corrected chi connectivity index (χ0v) is 23.1. The Labute approximate surface area is 214 Å². The van der Waals surface area contributed by atoms with E-state index in [9.17, 15) is 9.59 Å². The van der Waals surface area contributed by atoms with Gasteiger partial charge in [0, 0.05) is 31.4 Å². The van der Waals surface area contributed by atoms with Crippen molar-refractivity contribution in [2.75, 3.05) is 24.3 Å². The third-order valence-corrected chi connectivity index (χ3v) is 5.18. The van der Waals surface area contributed by atoms with Gasteiger partial charge in [-0.2, -0.15) is 0 Å². The number of carbonyl (C=O) groups is 2. The monoisotopic (exact) mass is 496 g/mol. The molecule has 8 heteroatoms. The summed E-state index contributed by atoms with van der Waals surface area (Å²) in [7, 11) is 3.79. The molecule has 0 radical (unpaired) electrons. The first-order valence-corrected chi connectivity index (χ1v) is 11.9. The highest BCUT2D eigenvalue weighted by Gasteiger charge is 2.27. The molecular weight excluding hydrogens is 456 g/mol. The van der Waals surface area contributed by atoms with E-state index in [0.717, 1.165) is 22.4 Å². The lowest BCUT2D eigenvalue weighted by atomic mass is 9.91. The quantitative estimate of drug-likeness (QED) is 0.395. The van der Waals surface area contributed by atoms with E-state index >= 15 is 0 Å². The number of hydrogen-bond acceptors (Lipinski definition) is 6. The predicted molar refractivity (Wildman–Crippen MR) is 146 cm³/mol. The van der Waals surface area contributed by atoms with Gasteiger partial charge in [0.15, 0.2) is 0 Å². The number of nitrogens with one attached hydrogen (secondary N) is 3. The number of ether oxygens (including phenoxy) is 2. The van der Waals surface area contributed by atoms with Crippen LogP contribution in [0.1, 0.15) is 66.5 Å². The molecule has 0 atom stereocenters. The van der Waals surface area contributed by atoms with Crippen LogP contribution >= 0.6 is 0 Å². The van der Waals surface area contributed by atoms with Crippen LogP contribution in [0, 0.1) is 5.41 Å². The molecule has 0 aliphatic carbocycles. The predicted octanol–water partition coefficient (Wildman–Crippen LogP) is 6.52. The summed E-state index contributed by atoms with van der Waals surface area (Å²) >= 11 is 0. The Morgan fingerprint density at radius 3 is 1.83 bits per heavy atom. The van der Waals surface area contributed by atoms with Crippen molar-refractivity contribution in [3.63, 3.8) is 0 Å². The molecule has 0 fully saturated rings. The van der Waals surface area contributed by atoms with Crippen molar-refractivity contribution in [1.29, 1.82) is 5.41 Å². The van der Waals surface area contributed by atoms with Crippen molar-refractivity contribution in [2.45, 2.75) is 72.1 Å². The third-order valence-electron chi connectivity index (χ3n) is 5.18. The largest absolute Gasteiger partial charge is 0.444 e. The molecule has 8 nitrogen and oxygen atoms in total. The Morgan fingerprint density at radius 1 is 0.833 bits per heavy atom. The molecule has 2 aromatic carbocycles. The summed E-state index contributed by atoms with van der Waals surface area (Å²) in [5.74, 6) is 0. The molecule has 0 saturated heterocycles. The van der Waals surface area contributed by atoms with Crippen LogP contribution in [-0.2, 0) is 15.0 Å². The second-order valence-electron chi connectivity index (χ2n) is 11.4. The van der Waals surface area contributed by atoms with E-state index in [1.54, 1.807) is 26.8 Å². The minimum Gasteiger partial charge on any atom is -0.444 e. The van der Waals surface area contributed by atoms with Crippen LogP contribution in [0.15, 0.2) is 36.4 Å². The molecule has 36 heavy (non-hydrogen) atoms. The fourth-order valence-electron chi connectivity index (χ4n) is 3.69. The van der Waals surface area contributed by atoms with Gasteiger partial charge in [-0.25, -0.2) is 9.59 Å². The molecule has 0 spiro atoms. The maximum absolute atomic E-state index is 12.4. The number of hydrogen-bond donors (Lipinski definition) is 3. The van der Waals surface area contributed by atoms with Crippen LogP contribution in [0.3, 0.4) is 0 Å². The number of anilines is 2. The van der Waals surface area contributed by atoms with Crippen molar-refractivity contribution in [3.8, 4) is 11.1 Å². The zero-order valence-electron chi connectivity index (χ0n) is 23.1. The molecule has 0 unspecified atom stereocenters. The number of alkyl carbamates (subject to hydrolysis) is 1. The lowest BCUT2D eigenvalue weighted by molar-refractivity contribution is 0.0469. The Morgan fingerprint density at radius 2 is 1.36 bits per heavy atom. The van der Waals surface area contributed by atoms with Crippen LogP contribution < -0.4 is 15.5 Å². The van der Waals surface area contributed by atoms with E-state index in [2.05, 4.69) is 10.6 Å². The lowest BCUT2D eigenvalue weighted by Gasteiger charge is -2.29. The van der Waals surface area contributed by atoms with Gasteiger partial charge in [-0.15, -0.1) is 0 Å². The summed E-state index contributed by atoms with van der Waals surface area (Å²) in [6.45, 7) is 14.7. The van der Waals surface area contributed by atoms with Gasteiger partial charge in [0.2, 0.25) is 0 Å². The van der Waals surface area contributed by atoms with Gasteiger partial charge in [0.1, 0.15) is 11.2 Å². The number of rotatable bonds is 6. The maximum Gasteiger partial charge on any atom is 0.412 e. The maximum atomic E-state index is 12.4. The molecule has 2 rings (SSSR count). The van der Waals surface area contributed by atoms with E-state index in [1.165, 1.54) is 6.21 Å². The second kappa shape index (κ2) is 10.6. The van der Waals surface area contributed by atoms with Gasteiger partial charge in [0.25, 0.3) is 0 Å². The van der Waals surface area contributed by atoms with Gasteiger partial charge in [-0.1, -0.05) is 30.3 Å². The standard InChI is InChI=1S/C28H40N4O4/c1-26(2,3)35-24(33)30-22-16-15-20(23(32(9)10)21(22)17-29)18-11-13-19(14-12-18)28(7,8)31-25(34)36-27(4,5)6/h11-17,29H,1-10H3,(H,30,33)(H,31,34). The Hall–Kier alpha value is -3.55. The summed E-state index contributed by atoms with van der Waals surface area (Å²) in [6.07, 6.45) is 0.177. The topological polar surface area (TPSA) is 104 Å². The zero-order chi connectivity index (χ0) is 27.5. The first-order chi connectivity index (χ1) is 16.4. The van der Waals surface area contributed by atoms with Crippen LogP contribution in [0.2, 0.25) is 0 Å². The smallest absolute Gasteiger partial charge is 0.412 e. The van der Waals surface area contributed by atoms with E-state index in [-0.39, 0.29) is 0 Å². The number of benzene rings is 2. The molecule has 2 aromatic rings. The van der Waals surface area contributed by atoms with Gasteiger partial charge in [-0.3, -0.25) is 5.32 Å². The van der Waals surface area contributed by atoms with Crippen LogP contribution in [0.4, 0.5) is 21.0 Å². The first-order valence-electron chi connectivity index (χ1n) is 11.9. The van der Waals surface area contributed by atoms with Gasteiger partial charge in [0.05, 0.1) is 16.9 Å². The van der Waals surface area contributed by atoms with Gasteiger partial charge >= 0.3 is 12.2 Å². The van der Waals surface area contributed by atoms with Crippen molar-refractivity contribution in [3.05, 3.63) is 47.5 Å². The summed E-state index contributed by atoms with van der Waals surface area (Å²) < 4.78 is 10.8. The van der Waals surface area contributed by atoms with Gasteiger partial charge in [-0.05, 0) is 72.6 Å². The van der Waals surface area contributed by atoms with Crippen molar-refractivity contribution in [1.82, 2.24) is 5.32 Å². The second-order valence-corrected chi connectivity index (χ2v) is 11.4. The number of nitrogens with zero attached hydrogens (tertiary/aromatic N) is 1. The third kappa shape index (κ3) is 7.73. The highest BCUT2D eigenvalue weighted by molar-refractivity contribution is 6.03. The molecule has 196 valence electrons. The Bertz CT molecular complexity index is 1110. The lowest BCUT2D eigenvalue weighted by Crippen LogP contribution is -2.43. The molecule has 0 saturated carbocycles. The summed E-state index contributed by atoms with van der Waals surface area (Å²) in [6, 6.07) is 11.6. The van der Waals surface area contributed by atoms with Gasteiger partial charge < -0.3 is 25.1 Å². The summed E-state index contributed by atoms with van der Waals surface area (Å²) in [5.41, 5.74) is 2.74. The molecule has 3 N–H and O–H groups in total. The van der Waals surface area contributed by atoms with E-state index in [1.807, 2.05) is 83.9 Å². The average Bonchev–Trinajstić information content (AvgIpc) is 2.70. The van der Waals surface area contributed by atoms with E-state index in [4.69, 9.17) is 14.9 Å². The molecule has 2 amide bonds. The molecular formula is C28H40N4O4. The highest BCUT2D eigenvalue weighted by Crippen LogP contribution is 2.37. The number of carbonyl (C=O) groups excluding carboxylic acids is 2. The molecule has 0 aromatic heterocycles.